The average molecular weight is 406 g/mol. The van der Waals surface area contributed by atoms with E-state index in [0.29, 0.717) is 28.6 Å². The normalized spacial score (nSPS) is 16.0. The first-order valence-corrected chi connectivity index (χ1v) is 10.1. The number of amides is 1. The lowest BCUT2D eigenvalue weighted by atomic mass is 9.97. The third kappa shape index (κ3) is 3.37. The predicted molar refractivity (Wildman–Crippen MR) is 116 cm³/mol. The molecule has 1 N–H and O–H groups in total. The maximum absolute atomic E-state index is 13.5. The van der Waals surface area contributed by atoms with E-state index in [2.05, 4.69) is 4.90 Å². The number of nitrogens with zero attached hydrogens (tertiary/aromatic N) is 2. The van der Waals surface area contributed by atoms with Crippen LogP contribution in [0.1, 0.15) is 45.3 Å². The number of fused-ring (bicyclic) bond motifs is 2. The zero-order valence-electron chi connectivity index (χ0n) is 17.7. The molecule has 1 aromatic heterocycles. The van der Waals surface area contributed by atoms with Gasteiger partial charge in [0.15, 0.2) is 5.43 Å². The lowest BCUT2D eigenvalue weighted by molar-refractivity contribution is 0.0722. The quantitative estimate of drug-likeness (QED) is 0.701. The van der Waals surface area contributed by atoms with E-state index in [9.17, 15) is 14.7 Å². The lowest BCUT2D eigenvalue weighted by Crippen LogP contribution is -2.32. The fourth-order valence-corrected chi connectivity index (χ4v) is 4.10. The summed E-state index contributed by atoms with van der Waals surface area (Å²) < 4.78 is 6.01. The number of phenols is 1. The van der Waals surface area contributed by atoms with Crippen molar-refractivity contribution in [1.82, 2.24) is 9.80 Å². The molecule has 6 nitrogen and oxygen atoms in total. The molecular weight excluding hydrogens is 380 g/mol. The average Bonchev–Trinajstić information content (AvgIpc) is 2.96. The number of hydrogen-bond donors (Lipinski definition) is 1. The van der Waals surface area contributed by atoms with E-state index < -0.39 is 6.04 Å². The third-order valence-corrected chi connectivity index (χ3v) is 5.77. The molecule has 6 heteroatoms. The van der Waals surface area contributed by atoms with Gasteiger partial charge < -0.3 is 19.3 Å². The van der Waals surface area contributed by atoms with Gasteiger partial charge in [0, 0.05) is 6.54 Å². The van der Waals surface area contributed by atoms with Crippen LogP contribution in [0.15, 0.2) is 45.6 Å². The third-order valence-electron chi connectivity index (χ3n) is 5.77. The smallest absolute Gasteiger partial charge is 0.290 e. The van der Waals surface area contributed by atoms with Crippen molar-refractivity contribution in [2.24, 2.45) is 0 Å². The number of aromatic hydroxyl groups is 1. The molecule has 1 amide bonds. The first-order chi connectivity index (χ1) is 14.3. The summed E-state index contributed by atoms with van der Waals surface area (Å²) in [5.41, 5.74) is 3.29. The van der Waals surface area contributed by atoms with Crippen molar-refractivity contribution in [3.63, 3.8) is 0 Å². The number of benzene rings is 2. The molecule has 1 atom stereocenters. The minimum Gasteiger partial charge on any atom is -0.508 e. The Morgan fingerprint density at radius 2 is 1.83 bits per heavy atom. The topological polar surface area (TPSA) is 74.0 Å². The molecule has 4 rings (SSSR count). The number of phenolic OH excluding ortho intramolecular Hbond substituents is 1. The molecule has 0 unspecified atom stereocenters. The van der Waals surface area contributed by atoms with Gasteiger partial charge in [0.25, 0.3) is 5.91 Å². The second kappa shape index (κ2) is 7.61. The molecule has 0 bridgehead atoms. The van der Waals surface area contributed by atoms with E-state index in [1.807, 2.05) is 46.1 Å². The van der Waals surface area contributed by atoms with Crippen LogP contribution in [0.2, 0.25) is 0 Å². The van der Waals surface area contributed by atoms with E-state index in [-0.39, 0.29) is 22.8 Å². The minimum atomic E-state index is -0.580. The summed E-state index contributed by atoms with van der Waals surface area (Å²) in [5, 5.41) is 10.5. The van der Waals surface area contributed by atoms with Crippen molar-refractivity contribution in [3.8, 4) is 5.75 Å². The van der Waals surface area contributed by atoms with Crippen LogP contribution in [0.4, 0.5) is 0 Å². The highest BCUT2D eigenvalue weighted by molar-refractivity contribution is 5.99. The molecule has 0 saturated carbocycles. The van der Waals surface area contributed by atoms with Crippen molar-refractivity contribution in [2.75, 3.05) is 27.2 Å². The van der Waals surface area contributed by atoms with E-state index in [1.165, 1.54) is 0 Å². The van der Waals surface area contributed by atoms with Gasteiger partial charge >= 0.3 is 0 Å². The molecule has 2 aromatic carbocycles. The molecule has 0 saturated heterocycles. The highest BCUT2D eigenvalue weighted by Gasteiger charge is 2.42. The minimum absolute atomic E-state index is 0.0956. The van der Waals surface area contributed by atoms with Crippen LogP contribution in [0.3, 0.4) is 0 Å². The molecule has 0 spiro atoms. The van der Waals surface area contributed by atoms with Crippen molar-refractivity contribution in [1.29, 1.82) is 0 Å². The van der Waals surface area contributed by atoms with Gasteiger partial charge in [-0.25, -0.2) is 0 Å². The SMILES string of the molecule is Cc1cc2oc3c(c(=O)c2cc1C)[C@H](c1cccc(O)c1)N(CCCN(C)C)C3=O. The van der Waals surface area contributed by atoms with Gasteiger partial charge in [-0.3, -0.25) is 9.59 Å². The predicted octanol–water partition coefficient (Wildman–Crippen LogP) is 3.61. The Morgan fingerprint density at radius 3 is 2.53 bits per heavy atom. The summed E-state index contributed by atoms with van der Waals surface area (Å²) in [6, 6.07) is 9.80. The van der Waals surface area contributed by atoms with Crippen LogP contribution >= 0.6 is 0 Å². The van der Waals surface area contributed by atoms with Crippen molar-refractivity contribution in [3.05, 3.63) is 74.6 Å². The summed E-state index contributed by atoms with van der Waals surface area (Å²) in [6.07, 6.45) is 0.758. The maximum atomic E-state index is 13.5. The van der Waals surface area contributed by atoms with Gasteiger partial charge in [-0.15, -0.1) is 0 Å². The standard InChI is InChI=1S/C24H26N2O4/c1-14-11-18-19(12-15(14)2)30-23-20(22(18)28)21(16-7-5-8-17(27)13-16)26(24(23)29)10-6-9-25(3)4/h5,7-8,11-13,21,27H,6,9-10H2,1-4H3/t21-/m0/s1. The van der Waals surface area contributed by atoms with E-state index >= 15 is 0 Å². The van der Waals surface area contributed by atoms with E-state index in [1.54, 1.807) is 23.1 Å². The van der Waals surface area contributed by atoms with Crippen LogP contribution in [-0.2, 0) is 0 Å². The summed E-state index contributed by atoms with van der Waals surface area (Å²) in [6.45, 7) is 5.20. The molecule has 0 radical (unpaired) electrons. The Balaban J connectivity index is 1.91. The molecule has 1 aliphatic heterocycles. The number of hydrogen-bond acceptors (Lipinski definition) is 5. The molecule has 2 heterocycles. The number of carbonyl (C=O) groups is 1. The first kappa shape index (κ1) is 20.2. The molecule has 1 aliphatic rings. The Bertz CT molecular complexity index is 1200. The Labute approximate surface area is 175 Å². The van der Waals surface area contributed by atoms with Crippen LogP contribution in [0.5, 0.6) is 5.75 Å². The summed E-state index contributed by atoms with van der Waals surface area (Å²) >= 11 is 0. The maximum Gasteiger partial charge on any atom is 0.290 e. The van der Waals surface area contributed by atoms with E-state index in [0.717, 1.165) is 24.1 Å². The highest BCUT2D eigenvalue weighted by atomic mass is 16.3. The molecular formula is C24H26N2O4. The summed E-state index contributed by atoms with van der Waals surface area (Å²) in [4.78, 5) is 30.6. The fraction of sp³-hybridized carbons (Fsp3) is 0.333. The van der Waals surface area contributed by atoms with Crippen LogP contribution < -0.4 is 5.43 Å². The van der Waals surface area contributed by atoms with Gasteiger partial charge in [0.2, 0.25) is 5.76 Å². The molecule has 30 heavy (non-hydrogen) atoms. The van der Waals surface area contributed by atoms with Crippen LogP contribution in [0, 0.1) is 13.8 Å². The Hall–Kier alpha value is -3.12. The van der Waals surface area contributed by atoms with Crippen LogP contribution in [0.25, 0.3) is 11.0 Å². The fourth-order valence-electron chi connectivity index (χ4n) is 4.10. The monoisotopic (exact) mass is 406 g/mol. The molecule has 0 fully saturated rings. The van der Waals surface area contributed by atoms with Crippen molar-refractivity contribution in [2.45, 2.75) is 26.3 Å². The highest BCUT2D eigenvalue weighted by Crippen LogP contribution is 2.39. The lowest BCUT2D eigenvalue weighted by Gasteiger charge is -2.25. The number of carbonyl (C=O) groups excluding carboxylic acids is 1. The largest absolute Gasteiger partial charge is 0.508 e. The van der Waals surface area contributed by atoms with Crippen molar-refractivity contribution >= 4 is 16.9 Å². The molecule has 3 aromatic rings. The van der Waals surface area contributed by atoms with Crippen molar-refractivity contribution < 1.29 is 14.3 Å². The number of aryl methyl sites for hydroxylation is 2. The summed E-state index contributed by atoms with van der Waals surface area (Å²) in [5.74, 6) is -0.0819. The first-order valence-electron chi connectivity index (χ1n) is 10.1. The second-order valence-corrected chi connectivity index (χ2v) is 8.26. The Kier molecular flexibility index (Phi) is 5.12. The van der Waals surface area contributed by atoms with Gasteiger partial charge in [0.1, 0.15) is 11.3 Å². The molecule has 0 aliphatic carbocycles. The van der Waals surface area contributed by atoms with E-state index in [4.69, 9.17) is 4.42 Å². The van der Waals surface area contributed by atoms with Gasteiger partial charge in [-0.05, 0) is 81.9 Å². The van der Waals surface area contributed by atoms with Gasteiger partial charge in [-0.2, -0.15) is 0 Å². The summed E-state index contributed by atoms with van der Waals surface area (Å²) in [7, 11) is 3.96. The zero-order chi connectivity index (χ0) is 21.6. The van der Waals surface area contributed by atoms with Gasteiger partial charge in [0.05, 0.1) is 17.0 Å². The van der Waals surface area contributed by atoms with Crippen LogP contribution in [-0.4, -0.2) is 48.0 Å². The van der Waals surface area contributed by atoms with Gasteiger partial charge in [-0.1, -0.05) is 12.1 Å². The Morgan fingerprint density at radius 1 is 1.10 bits per heavy atom. The second-order valence-electron chi connectivity index (χ2n) is 8.26. The zero-order valence-corrected chi connectivity index (χ0v) is 17.7. The molecule has 156 valence electrons. The number of rotatable bonds is 5.